The summed E-state index contributed by atoms with van der Waals surface area (Å²) in [6.07, 6.45) is 4.64. The number of fused-ring (bicyclic) bond motifs is 1. The van der Waals surface area contributed by atoms with Gasteiger partial charge in [0.2, 0.25) is 0 Å². The first-order valence-electron chi connectivity index (χ1n) is 11.0. The van der Waals surface area contributed by atoms with Gasteiger partial charge in [-0.15, -0.1) is 11.3 Å². The number of urea groups is 1. The zero-order chi connectivity index (χ0) is 23.4. The lowest BCUT2D eigenvalue weighted by atomic mass is 10.2. The molecule has 0 aromatic carbocycles. The van der Waals surface area contributed by atoms with Crippen LogP contribution in [0.2, 0.25) is 0 Å². The normalized spacial score (nSPS) is 21.4. The van der Waals surface area contributed by atoms with Crippen LogP contribution in [0.4, 0.5) is 15.0 Å². The number of carbonyl (C=O) groups excluding carboxylic acids is 3. The highest BCUT2D eigenvalue weighted by atomic mass is 32.1. The smallest absolute Gasteiger partial charge is 0.326 e. The molecule has 12 heteroatoms. The Morgan fingerprint density at radius 2 is 2.09 bits per heavy atom. The lowest BCUT2D eigenvalue weighted by Crippen LogP contribution is -2.28. The molecule has 3 aromatic heterocycles. The van der Waals surface area contributed by atoms with E-state index in [0.717, 1.165) is 23.5 Å². The van der Waals surface area contributed by atoms with Crippen LogP contribution in [0, 0.1) is 0 Å². The van der Waals surface area contributed by atoms with E-state index in [0.29, 0.717) is 40.8 Å². The maximum Gasteiger partial charge on any atom is 0.326 e. The van der Waals surface area contributed by atoms with E-state index in [4.69, 9.17) is 4.98 Å². The van der Waals surface area contributed by atoms with E-state index in [-0.39, 0.29) is 18.1 Å². The van der Waals surface area contributed by atoms with E-state index in [1.54, 1.807) is 21.7 Å². The summed E-state index contributed by atoms with van der Waals surface area (Å²) in [7, 11) is 0. The topological polar surface area (TPSA) is 121 Å². The zero-order valence-corrected chi connectivity index (χ0v) is 18.7. The molecule has 3 fully saturated rings. The molecule has 174 valence electrons. The van der Waals surface area contributed by atoms with Crippen molar-refractivity contribution in [2.45, 2.75) is 31.5 Å². The van der Waals surface area contributed by atoms with E-state index in [2.05, 4.69) is 21.0 Å². The monoisotopic (exact) mass is 481 g/mol. The van der Waals surface area contributed by atoms with E-state index in [1.165, 1.54) is 17.4 Å². The van der Waals surface area contributed by atoms with Crippen LogP contribution in [-0.4, -0.2) is 62.6 Å². The van der Waals surface area contributed by atoms with Crippen LogP contribution >= 0.6 is 11.3 Å². The highest BCUT2D eigenvalue weighted by Crippen LogP contribution is 2.33. The molecule has 3 aromatic rings. The Morgan fingerprint density at radius 1 is 1.24 bits per heavy atom. The number of nitrogens with zero attached hydrogens (tertiary/aromatic N) is 4. The quantitative estimate of drug-likeness (QED) is 0.380. The van der Waals surface area contributed by atoms with Crippen LogP contribution in [0.3, 0.4) is 0 Å². The Balaban J connectivity index is 1.38. The Kier molecular flexibility index (Phi) is 4.83. The van der Waals surface area contributed by atoms with Gasteiger partial charge in [0, 0.05) is 24.2 Å². The SMILES string of the molecule is O=C1NC(=O)/C(=C/c2cnn3c(NC4CC4)cc(-c4ccc(C(=O)N5CC[C@@H](F)C5)s4)nc23)N1. The zero-order valence-electron chi connectivity index (χ0n) is 17.9. The second-order valence-corrected chi connectivity index (χ2v) is 9.63. The average Bonchev–Trinajstić information content (AvgIpc) is 3.18. The van der Waals surface area contributed by atoms with Gasteiger partial charge in [-0.1, -0.05) is 0 Å². The lowest BCUT2D eigenvalue weighted by Gasteiger charge is -2.13. The van der Waals surface area contributed by atoms with Crippen LogP contribution in [-0.2, 0) is 4.79 Å². The van der Waals surface area contributed by atoms with Gasteiger partial charge in [0.15, 0.2) is 5.65 Å². The summed E-state index contributed by atoms with van der Waals surface area (Å²) < 4.78 is 15.2. The third-order valence-electron chi connectivity index (χ3n) is 5.94. The number of alkyl halides is 1. The van der Waals surface area contributed by atoms with Gasteiger partial charge in [-0.3, -0.25) is 14.9 Å². The molecule has 1 atom stereocenters. The summed E-state index contributed by atoms with van der Waals surface area (Å²) in [6.45, 7) is 0.550. The molecular weight excluding hydrogens is 461 g/mol. The number of nitrogens with one attached hydrogen (secondary N) is 3. The second-order valence-electron chi connectivity index (χ2n) is 8.55. The van der Waals surface area contributed by atoms with Crippen LogP contribution in [0.1, 0.15) is 34.5 Å². The number of hydrogen-bond donors (Lipinski definition) is 3. The summed E-state index contributed by atoms with van der Waals surface area (Å²) in [4.78, 5) is 43.8. The summed E-state index contributed by atoms with van der Waals surface area (Å²) >= 11 is 1.31. The molecule has 10 nitrogen and oxygen atoms in total. The number of rotatable bonds is 5. The first kappa shape index (κ1) is 20.8. The largest absolute Gasteiger partial charge is 0.367 e. The Labute approximate surface area is 196 Å². The van der Waals surface area contributed by atoms with Gasteiger partial charge >= 0.3 is 6.03 Å². The molecular formula is C22H20FN7O3S. The predicted molar refractivity (Wildman–Crippen MR) is 123 cm³/mol. The van der Waals surface area contributed by atoms with Crippen LogP contribution < -0.4 is 16.0 Å². The molecule has 3 N–H and O–H groups in total. The van der Waals surface area contributed by atoms with Crippen molar-refractivity contribution in [2.75, 3.05) is 18.4 Å². The summed E-state index contributed by atoms with van der Waals surface area (Å²) in [6, 6.07) is 5.23. The van der Waals surface area contributed by atoms with E-state index in [9.17, 15) is 18.8 Å². The van der Waals surface area contributed by atoms with Crippen LogP contribution in [0.25, 0.3) is 22.3 Å². The number of anilines is 1. The van der Waals surface area contributed by atoms with Gasteiger partial charge < -0.3 is 15.5 Å². The number of imide groups is 1. The second kappa shape index (κ2) is 7.90. The van der Waals surface area contributed by atoms with Crippen LogP contribution in [0.15, 0.2) is 30.1 Å². The minimum Gasteiger partial charge on any atom is -0.367 e. The van der Waals surface area contributed by atoms with Gasteiger partial charge in [0.25, 0.3) is 11.8 Å². The minimum atomic E-state index is -0.968. The molecule has 1 saturated carbocycles. The highest BCUT2D eigenvalue weighted by Gasteiger charge is 2.28. The summed E-state index contributed by atoms with van der Waals surface area (Å²) in [5.74, 6) is 0.0513. The van der Waals surface area contributed by atoms with Gasteiger partial charge in [-0.05, 0) is 37.5 Å². The van der Waals surface area contributed by atoms with Gasteiger partial charge in [0.1, 0.15) is 17.7 Å². The van der Waals surface area contributed by atoms with Crippen LogP contribution in [0.5, 0.6) is 0 Å². The number of carbonyl (C=O) groups is 3. The molecule has 2 saturated heterocycles. The molecule has 2 aliphatic heterocycles. The molecule has 6 rings (SSSR count). The summed E-state index contributed by atoms with van der Waals surface area (Å²) in [5.41, 5.74) is 1.82. The van der Waals surface area contributed by atoms with E-state index >= 15 is 0 Å². The fourth-order valence-electron chi connectivity index (χ4n) is 4.03. The fraction of sp³-hybridized carbons (Fsp3) is 0.318. The molecule has 34 heavy (non-hydrogen) atoms. The number of hydrogen-bond acceptors (Lipinski definition) is 7. The molecule has 3 aliphatic rings. The maximum absolute atomic E-state index is 13.6. The first-order valence-corrected chi connectivity index (χ1v) is 11.8. The Hall–Kier alpha value is -3.80. The van der Waals surface area contributed by atoms with E-state index in [1.807, 2.05) is 12.1 Å². The van der Waals surface area contributed by atoms with Crippen molar-refractivity contribution in [3.8, 4) is 10.6 Å². The Bertz CT molecular complexity index is 1380. The number of amides is 4. The third-order valence-corrected chi connectivity index (χ3v) is 7.03. The Morgan fingerprint density at radius 3 is 2.79 bits per heavy atom. The van der Waals surface area contributed by atoms with Crippen molar-refractivity contribution in [1.29, 1.82) is 0 Å². The van der Waals surface area contributed by atoms with Crippen molar-refractivity contribution in [3.63, 3.8) is 0 Å². The molecule has 4 amide bonds. The number of aromatic nitrogens is 3. The average molecular weight is 482 g/mol. The third kappa shape index (κ3) is 3.79. The van der Waals surface area contributed by atoms with E-state index < -0.39 is 18.1 Å². The number of halogens is 1. The van der Waals surface area contributed by atoms with Crippen molar-refractivity contribution in [2.24, 2.45) is 0 Å². The van der Waals surface area contributed by atoms with Crippen molar-refractivity contribution >= 4 is 46.7 Å². The molecule has 0 radical (unpaired) electrons. The van der Waals surface area contributed by atoms with Gasteiger partial charge in [-0.25, -0.2) is 14.2 Å². The molecule has 0 bridgehead atoms. The lowest BCUT2D eigenvalue weighted by molar-refractivity contribution is -0.115. The number of thiophene rings is 1. The van der Waals surface area contributed by atoms with Gasteiger partial charge in [-0.2, -0.15) is 9.61 Å². The standard InChI is InChI=1S/C22H20FN7O3S/c23-12-5-6-29(10-12)21(32)17-4-3-16(34-17)14-8-18(25-13-1-2-13)30-19(26-14)11(9-24-30)7-15-20(31)28-22(33)27-15/h3-4,7-9,12-13,25H,1-2,5-6,10H2,(H2,27,28,31,33)/b15-7-/t12-/m1/s1. The highest BCUT2D eigenvalue weighted by molar-refractivity contribution is 7.17. The first-order chi connectivity index (χ1) is 16.4. The fourth-order valence-corrected chi connectivity index (χ4v) is 4.97. The molecule has 0 spiro atoms. The minimum absolute atomic E-state index is 0.115. The molecule has 1 aliphatic carbocycles. The van der Waals surface area contributed by atoms with Crippen molar-refractivity contribution < 1.29 is 18.8 Å². The predicted octanol–water partition coefficient (Wildman–Crippen LogP) is 2.40. The van der Waals surface area contributed by atoms with Gasteiger partial charge in [0.05, 0.1) is 28.2 Å². The maximum atomic E-state index is 13.6. The molecule has 5 heterocycles. The molecule has 0 unspecified atom stereocenters. The number of likely N-dealkylation sites (tertiary alicyclic amines) is 1. The van der Waals surface area contributed by atoms with Crippen molar-refractivity contribution in [3.05, 3.63) is 40.5 Å². The van der Waals surface area contributed by atoms with Crippen molar-refractivity contribution in [1.82, 2.24) is 30.1 Å². The summed E-state index contributed by atoms with van der Waals surface area (Å²) in [5, 5.41) is 12.5.